The number of benzene rings is 1. The molecule has 0 saturated heterocycles. The van der Waals surface area contributed by atoms with Crippen LogP contribution in [0.3, 0.4) is 0 Å². The molecular weight excluding hydrogens is 279 g/mol. The summed E-state index contributed by atoms with van der Waals surface area (Å²) in [7, 11) is 1.50. The fourth-order valence-corrected chi connectivity index (χ4v) is 1.71. The molecule has 0 bridgehead atoms. The summed E-state index contributed by atoms with van der Waals surface area (Å²) in [5, 5.41) is 16.0. The summed E-state index contributed by atoms with van der Waals surface area (Å²) >= 11 is 0. The highest BCUT2D eigenvalue weighted by Crippen LogP contribution is 2.12. The van der Waals surface area contributed by atoms with Crippen LogP contribution in [-0.4, -0.2) is 29.8 Å². The van der Waals surface area contributed by atoms with Gasteiger partial charge in [0, 0.05) is 19.7 Å². The smallest absolute Gasteiger partial charge is 0.273 e. The summed E-state index contributed by atoms with van der Waals surface area (Å²) in [6, 6.07) is 6.87. The van der Waals surface area contributed by atoms with Gasteiger partial charge in [0.25, 0.3) is 5.91 Å². The van der Waals surface area contributed by atoms with Crippen molar-refractivity contribution in [2.24, 2.45) is 0 Å². The topological polar surface area (TPSA) is 84.6 Å². The van der Waals surface area contributed by atoms with Gasteiger partial charge in [-0.1, -0.05) is 17.3 Å². The predicted molar refractivity (Wildman–Crippen MR) is 70.9 cm³/mol. The molecule has 0 saturated carbocycles. The maximum absolute atomic E-state index is 12.8. The number of carbonyl (C=O) groups is 1. The van der Waals surface area contributed by atoms with Crippen molar-refractivity contribution in [3.8, 4) is 0 Å². The zero-order valence-electron chi connectivity index (χ0n) is 11.4. The third kappa shape index (κ3) is 4.11. The molecular formula is C14H15FN2O4. The summed E-state index contributed by atoms with van der Waals surface area (Å²) < 4.78 is 22.5. The molecule has 0 spiro atoms. The summed E-state index contributed by atoms with van der Waals surface area (Å²) in [5.41, 5.74) is 0.616. The molecule has 2 rings (SSSR count). The van der Waals surface area contributed by atoms with Crippen molar-refractivity contribution in [3.63, 3.8) is 0 Å². The van der Waals surface area contributed by atoms with Crippen molar-refractivity contribution in [2.45, 2.75) is 12.7 Å². The number of methoxy groups -OCH3 is 1. The van der Waals surface area contributed by atoms with E-state index >= 15 is 0 Å². The van der Waals surface area contributed by atoms with Gasteiger partial charge in [-0.2, -0.15) is 0 Å². The molecule has 0 aliphatic heterocycles. The van der Waals surface area contributed by atoms with Gasteiger partial charge in [0.15, 0.2) is 11.5 Å². The molecule has 1 aromatic carbocycles. The number of aliphatic hydroxyl groups is 1. The van der Waals surface area contributed by atoms with Crippen molar-refractivity contribution >= 4 is 5.91 Å². The van der Waals surface area contributed by atoms with E-state index in [0.29, 0.717) is 11.3 Å². The van der Waals surface area contributed by atoms with Crippen molar-refractivity contribution in [2.75, 3.05) is 13.7 Å². The fourth-order valence-electron chi connectivity index (χ4n) is 1.71. The lowest BCUT2D eigenvalue weighted by atomic mass is 10.1. The average molecular weight is 294 g/mol. The first-order chi connectivity index (χ1) is 10.1. The van der Waals surface area contributed by atoms with Crippen LogP contribution in [0.5, 0.6) is 0 Å². The lowest BCUT2D eigenvalue weighted by Gasteiger charge is -2.11. The summed E-state index contributed by atoms with van der Waals surface area (Å²) in [5.74, 6) is -0.424. The molecule has 1 heterocycles. The van der Waals surface area contributed by atoms with Crippen LogP contribution in [-0.2, 0) is 11.3 Å². The van der Waals surface area contributed by atoms with E-state index in [2.05, 4.69) is 10.5 Å². The van der Waals surface area contributed by atoms with Crippen molar-refractivity contribution in [1.29, 1.82) is 0 Å². The Bertz CT molecular complexity index is 597. The Morgan fingerprint density at radius 3 is 2.86 bits per heavy atom. The van der Waals surface area contributed by atoms with Crippen molar-refractivity contribution in [1.82, 2.24) is 10.5 Å². The molecule has 2 aromatic rings. The first kappa shape index (κ1) is 15.1. The number of ether oxygens (including phenoxy) is 1. The third-order valence-electron chi connectivity index (χ3n) is 2.79. The van der Waals surface area contributed by atoms with Gasteiger partial charge in [-0.25, -0.2) is 4.39 Å². The highest BCUT2D eigenvalue weighted by Gasteiger charge is 2.14. The molecule has 112 valence electrons. The highest BCUT2D eigenvalue weighted by atomic mass is 19.1. The number of halogens is 1. The van der Waals surface area contributed by atoms with Gasteiger partial charge in [0.05, 0.1) is 6.10 Å². The number of amides is 1. The number of rotatable bonds is 6. The minimum atomic E-state index is -0.931. The second-order valence-corrected chi connectivity index (χ2v) is 4.39. The van der Waals surface area contributed by atoms with Gasteiger partial charge < -0.3 is 19.7 Å². The second kappa shape index (κ2) is 6.96. The zero-order valence-corrected chi connectivity index (χ0v) is 11.4. The van der Waals surface area contributed by atoms with Crippen LogP contribution in [0.2, 0.25) is 0 Å². The molecule has 1 unspecified atom stereocenters. The van der Waals surface area contributed by atoms with Crippen LogP contribution in [0.4, 0.5) is 4.39 Å². The van der Waals surface area contributed by atoms with Gasteiger partial charge in [0.2, 0.25) is 0 Å². The van der Waals surface area contributed by atoms with Crippen molar-refractivity contribution in [3.05, 3.63) is 53.2 Å². The Hall–Kier alpha value is -2.25. The molecule has 1 amide bonds. The first-order valence-electron chi connectivity index (χ1n) is 6.26. The summed E-state index contributed by atoms with van der Waals surface area (Å²) in [4.78, 5) is 11.8. The standard InChI is InChI=1S/C14H15FN2O4/c1-20-8-11-6-12(17-21-11)14(19)16-7-13(18)9-2-4-10(15)5-3-9/h2-6,13,18H,7-8H2,1H3,(H,16,19). The molecule has 21 heavy (non-hydrogen) atoms. The minimum absolute atomic E-state index is 0.0169. The maximum Gasteiger partial charge on any atom is 0.273 e. The van der Waals surface area contributed by atoms with Gasteiger partial charge in [-0.05, 0) is 17.7 Å². The lowest BCUT2D eigenvalue weighted by Crippen LogP contribution is -2.28. The summed E-state index contributed by atoms with van der Waals surface area (Å²) in [6.07, 6.45) is -0.931. The van der Waals surface area contributed by atoms with E-state index in [1.165, 1.54) is 37.4 Å². The number of nitrogens with zero attached hydrogens (tertiary/aromatic N) is 1. The van der Waals surface area contributed by atoms with Crippen LogP contribution in [0, 0.1) is 5.82 Å². The largest absolute Gasteiger partial charge is 0.387 e. The Balaban J connectivity index is 1.89. The third-order valence-corrected chi connectivity index (χ3v) is 2.79. The van der Waals surface area contributed by atoms with E-state index in [1.54, 1.807) is 0 Å². The van der Waals surface area contributed by atoms with Crippen LogP contribution in [0.15, 0.2) is 34.9 Å². The Labute approximate surface area is 120 Å². The molecule has 1 aromatic heterocycles. The van der Waals surface area contributed by atoms with E-state index in [9.17, 15) is 14.3 Å². The number of nitrogens with one attached hydrogen (secondary N) is 1. The normalized spacial score (nSPS) is 12.1. The van der Waals surface area contributed by atoms with Crippen LogP contribution < -0.4 is 5.32 Å². The Morgan fingerprint density at radius 1 is 1.48 bits per heavy atom. The van der Waals surface area contributed by atoms with E-state index in [-0.39, 0.29) is 24.7 Å². The number of carbonyl (C=O) groups excluding carboxylic acids is 1. The summed E-state index contributed by atoms with van der Waals surface area (Å²) in [6.45, 7) is 0.204. The van der Waals surface area contributed by atoms with Crippen LogP contribution >= 0.6 is 0 Å². The van der Waals surface area contributed by atoms with Gasteiger partial charge in [0.1, 0.15) is 12.4 Å². The van der Waals surface area contributed by atoms with E-state index in [1.807, 2.05) is 0 Å². The molecule has 0 fully saturated rings. The number of aliphatic hydroxyl groups excluding tert-OH is 1. The Morgan fingerprint density at radius 2 is 2.19 bits per heavy atom. The number of hydrogen-bond donors (Lipinski definition) is 2. The SMILES string of the molecule is COCc1cc(C(=O)NCC(O)c2ccc(F)cc2)no1. The highest BCUT2D eigenvalue weighted by molar-refractivity contribution is 5.92. The van der Waals surface area contributed by atoms with Gasteiger partial charge in [-0.15, -0.1) is 0 Å². The fraction of sp³-hybridized carbons (Fsp3) is 0.286. The molecule has 1 atom stereocenters. The monoisotopic (exact) mass is 294 g/mol. The molecule has 0 aliphatic rings. The molecule has 0 aliphatic carbocycles. The van der Waals surface area contributed by atoms with Crippen LogP contribution in [0.25, 0.3) is 0 Å². The lowest BCUT2D eigenvalue weighted by molar-refractivity contribution is 0.0906. The van der Waals surface area contributed by atoms with E-state index < -0.39 is 12.0 Å². The first-order valence-corrected chi connectivity index (χ1v) is 6.26. The predicted octanol–water partition coefficient (Wildman–Crippen LogP) is 1.42. The zero-order chi connectivity index (χ0) is 15.2. The van der Waals surface area contributed by atoms with E-state index in [0.717, 1.165) is 0 Å². The van der Waals surface area contributed by atoms with Gasteiger partial charge >= 0.3 is 0 Å². The molecule has 6 nitrogen and oxygen atoms in total. The quantitative estimate of drug-likeness (QED) is 0.841. The minimum Gasteiger partial charge on any atom is -0.387 e. The van der Waals surface area contributed by atoms with Crippen LogP contribution in [0.1, 0.15) is 27.9 Å². The average Bonchev–Trinajstić information content (AvgIpc) is 2.94. The molecule has 2 N–H and O–H groups in total. The Kier molecular flexibility index (Phi) is 5.02. The molecule has 0 radical (unpaired) electrons. The van der Waals surface area contributed by atoms with Crippen molar-refractivity contribution < 1.29 is 23.6 Å². The maximum atomic E-state index is 12.8. The van der Waals surface area contributed by atoms with E-state index in [4.69, 9.17) is 9.26 Å². The number of hydrogen-bond acceptors (Lipinski definition) is 5. The number of aromatic nitrogens is 1. The second-order valence-electron chi connectivity index (χ2n) is 4.39. The molecule has 7 heteroatoms. The van der Waals surface area contributed by atoms with Gasteiger partial charge in [-0.3, -0.25) is 4.79 Å².